The highest BCUT2D eigenvalue weighted by Crippen LogP contribution is 2.20. The van der Waals surface area contributed by atoms with Gasteiger partial charge in [-0.2, -0.15) is 0 Å². The highest BCUT2D eigenvalue weighted by Gasteiger charge is 2.15. The zero-order valence-electron chi connectivity index (χ0n) is 12.1. The van der Waals surface area contributed by atoms with Gasteiger partial charge in [0.25, 0.3) is 0 Å². The van der Waals surface area contributed by atoms with Crippen LogP contribution in [0.3, 0.4) is 0 Å². The van der Waals surface area contributed by atoms with Crippen molar-refractivity contribution < 1.29 is 14.7 Å². The zero-order chi connectivity index (χ0) is 15.1. The molecule has 0 bridgehead atoms. The number of benzene rings is 1. The Hall–Kier alpha value is -1.49. The molecule has 2 rings (SSSR count). The Labute approximate surface area is 129 Å². The lowest BCUT2D eigenvalue weighted by Gasteiger charge is -2.19. The van der Waals surface area contributed by atoms with E-state index in [4.69, 9.17) is 5.11 Å². The minimum absolute atomic E-state index is 0.0393. The summed E-state index contributed by atoms with van der Waals surface area (Å²) in [5, 5.41) is 8.72. The summed E-state index contributed by atoms with van der Waals surface area (Å²) in [5.41, 5.74) is 0.783. The molecule has 4 nitrogen and oxygen atoms in total. The first-order valence-electron chi connectivity index (χ1n) is 7.36. The van der Waals surface area contributed by atoms with Gasteiger partial charge in [-0.3, -0.25) is 9.59 Å². The highest BCUT2D eigenvalue weighted by molar-refractivity contribution is 8.00. The molecule has 0 aliphatic carbocycles. The number of carboxylic acids is 1. The van der Waals surface area contributed by atoms with Crippen molar-refractivity contribution in [2.45, 2.75) is 37.0 Å². The first-order valence-corrected chi connectivity index (χ1v) is 8.35. The Morgan fingerprint density at radius 1 is 1.05 bits per heavy atom. The number of thioether (sulfide) groups is 1. The average Bonchev–Trinajstić information content (AvgIpc) is 2.75. The molecular weight excluding hydrogens is 286 g/mol. The quantitative estimate of drug-likeness (QED) is 0.850. The van der Waals surface area contributed by atoms with Crippen LogP contribution < -0.4 is 0 Å². The lowest BCUT2D eigenvalue weighted by Crippen LogP contribution is -2.33. The molecule has 1 saturated heterocycles. The van der Waals surface area contributed by atoms with Crippen LogP contribution >= 0.6 is 11.8 Å². The first kappa shape index (κ1) is 15.9. The van der Waals surface area contributed by atoms with Crippen molar-refractivity contribution in [3.05, 3.63) is 29.8 Å². The lowest BCUT2D eigenvalue weighted by atomic mass is 10.2. The van der Waals surface area contributed by atoms with Gasteiger partial charge >= 0.3 is 5.97 Å². The van der Waals surface area contributed by atoms with Gasteiger partial charge in [0, 0.05) is 18.0 Å². The van der Waals surface area contributed by atoms with Gasteiger partial charge in [-0.15, -0.1) is 11.8 Å². The predicted octanol–water partition coefficient (Wildman–Crippen LogP) is 2.81. The van der Waals surface area contributed by atoms with Gasteiger partial charge in [-0.05, 0) is 30.5 Å². The third-order valence-corrected chi connectivity index (χ3v) is 4.60. The number of aliphatic carboxylic acids is 1. The number of carbonyl (C=O) groups excluding carboxylic acids is 1. The molecule has 1 N–H and O–H groups in total. The van der Waals surface area contributed by atoms with Crippen molar-refractivity contribution in [3.63, 3.8) is 0 Å². The van der Waals surface area contributed by atoms with Crippen LogP contribution in [0.4, 0.5) is 0 Å². The Bertz CT molecular complexity index is 479. The third-order valence-electron chi connectivity index (χ3n) is 3.60. The number of hydrogen-bond donors (Lipinski definition) is 1. The molecule has 21 heavy (non-hydrogen) atoms. The van der Waals surface area contributed by atoms with E-state index in [1.165, 1.54) is 24.6 Å². The fourth-order valence-corrected chi connectivity index (χ4v) is 3.24. The monoisotopic (exact) mass is 307 g/mol. The third kappa shape index (κ3) is 5.42. The molecule has 0 aromatic heterocycles. The van der Waals surface area contributed by atoms with Crippen molar-refractivity contribution in [3.8, 4) is 0 Å². The van der Waals surface area contributed by atoms with Crippen molar-refractivity contribution in [2.75, 3.05) is 18.8 Å². The average molecular weight is 307 g/mol. The molecule has 0 spiro atoms. The summed E-state index contributed by atoms with van der Waals surface area (Å²) in [4.78, 5) is 25.8. The number of hydrogen-bond acceptors (Lipinski definition) is 3. The summed E-state index contributed by atoms with van der Waals surface area (Å²) in [7, 11) is 0. The van der Waals surface area contributed by atoms with Gasteiger partial charge in [0.05, 0.1) is 12.2 Å². The molecule has 114 valence electrons. The van der Waals surface area contributed by atoms with E-state index in [9.17, 15) is 9.59 Å². The summed E-state index contributed by atoms with van der Waals surface area (Å²) in [6.45, 7) is 1.77. The molecule has 1 aliphatic rings. The number of carbonyl (C=O) groups is 2. The van der Waals surface area contributed by atoms with Crippen molar-refractivity contribution in [2.24, 2.45) is 0 Å². The Kier molecular flexibility index (Phi) is 6.11. The van der Waals surface area contributed by atoms with Crippen molar-refractivity contribution in [1.82, 2.24) is 4.90 Å². The second-order valence-electron chi connectivity index (χ2n) is 5.30. The maximum atomic E-state index is 12.2. The van der Waals surface area contributed by atoms with Crippen LogP contribution in [0.2, 0.25) is 0 Å². The summed E-state index contributed by atoms with van der Waals surface area (Å²) < 4.78 is 0. The Morgan fingerprint density at radius 2 is 1.67 bits per heavy atom. The molecule has 0 atom stereocenters. The van der Waals surface area contributed by atoms with E-state index in [1.54, 1.807) is 0 Å². The van der Waals surface area contributed by atoms with Gasteiger partial charge in [-0.25, -0.2) is 0 Å². The van der Waals surface area contributed by atoms with Crippen LogP contribution in [-0.2, 0) is 16.0 Å². The Balaban J connectivity index is 1.81. The maximum Gasteiger partial charge on any atom is 0.307 e. The number of amides is 1. The van der Waals surface area contributed by atoms with Gasteiger partial charge in [0.2, 0.25) is 5.91 Å². The normalized spacial score (nSPS) is 15.5. The molecule has 0 radical (unpaired) electrons. The fraction of sp³-hybridized carbons (Fsp3) is 0.500. The second-order valence-corrected chi connectivity index (χ2v) is 6.35. The van der Waals surface area contributed by atoms with E-state index in [1.807, 2.05) is 29.2 Å². The number of nitrogens with zero attached hydrogens (tertiary/aromatic N) is 1. The van der Waals surface area contributed by atoms with Gasteiger partial charge in [0.1, 0.15) is 0 Å². The van der Waals surface area contributed by atoms with Crippen LogP contribution in [-0.4, -0.2) is 40.7 Å². The van der Waals surface area contributed by atoms with E-state index < -0.39 is 5.97 Å². The van der Waals surface area contributed by atoms with E-state index in [-0.39, 0.29) is 12.3 Å². The number of rotatable bonds is 5. The topological polar surface area (TPSA) is 57.6 Å². The molecular formula is C16H21NO3S. The molecule has 1 amide bonds. The first-order chi connectivity index (χ1) is 10.1. The summed E-state index contributed by atoms with van der Waals surface area (Å²) in [5.74, 6) is -0.165. The summed E-state index contributed by atoms with van der Waals surface area (Å²) >= 11 is 1.52. The fourth-order valence-electron chi connectivity index (χ4n) is 2.43. The van der Waals surface area contributed by atoms with E-state index in [0.717, 1.165) is 36.4 Å². The largest absolute Gasteiger partial charge is 0.481 e. The SMILES string of the molecule is O=C(O)Cc1ccc(SCC(=O)N2CCCCCC2)cc1. The predicted molar refractivity (Wildman–Crippen MR) is 83.6 cm³/mol. The molecule has 1 aliphatic heterocycles. The molecule has 0 unspecified atom stereocenters. The number of likely N-dealkylation sites (tertiary alicyclic amines) is 1. The molecule has 1 heterocycles. The van der Waals surface area contributed by atoms with E-state index in [0.29, 0.717) is 5.75 Å². The van der Waals surface area contributed by atoms with Crippen LogP contribution in [0, 0.1) is 0 Å². The van der Waals surface area contributed by atoms with Crippen LogP contribution in [0.5, 0.6) is 0 Å². The minimum atomic E-state index is -0.827. The molecule has 1 aromatic carbocycles. The van der Waals surface area contributed by atoms with Crippen LogP contribution in [0.15, 0.2) is 29.2 Å². The highest BCUT2D eigenvalue weighted by atomic mass is 32.2. The van der Waals surface area contributed by atoms with Gasteiger partial charge in [-0.1, -0.05) is 25.0 Å². The summed E-state index contributed by atoms with van der Waals surface area (Å²) in [6, 6.07) is 7.40. The maximum absolute atomic E-state index is 12.2. The molecule has 1 aromatic rings. The molecule has 1 fully saturated rings. The minimum Gasteiger partial charge on any atom is -0.481 e. The van der Waals surface area contributed by atoms with Gasteiger partial charge < -0.3 is 10.0 Å². The standard InChI is InChI=1S/C16H21NO3S/c18-15(17-9-3-1-2-4-10-17)12-21-14-7-5-13(6-8-14)11-16(19)20/h5-8H,1-4,9-12H2,(H,19,20). The molecule has 5 heteroatoms. The van der Waals surface area contributed by atoms with E-state index in [2.05, 4.69) is 0 Å². The smallest absolute Gasteiger partial charge is 0.307 e. The van der Waals surface area contributed by atoms with Crippen LogP contribution in [0.1, 0.15) is 31.2 Å². The van der Waals surface area contributed by atoms with Gasteiger partial charge in [0.15, 0.2) is 0 Å². The molecule has 0 saturated carbocycles. The number of carboxylic acid groups (broad SMARTS) is 1. The van der Waals surface area contributed by atoms with Crippen molar-refractivity contribution in [1.29, 1.82) is 0 Å². The van der Waals surface area contributed by atoms with E-state index >= 15 is 0 Å². The Morgan fingerprint density at radius 3 is 2.24 bits per heavy atom. The second kappa shape index (κ2) is 8.08. The van der Waals surface area contributed by atoms with Crippen molar-refractivity contribution >= 4 is 23.6 Å². The zero-order valence-corrected chi connectivity index (χ0v) is 12.9. The lowest BCUT2D eigenvalue weighted by molar-refractivity contribution is -0.136. The van der Waals surface area contributed by atoms with Crippen LogP contribution in [0.25, 0.3) is 0 Å². The summed E-state index contributed by atoms with van der Waals surface area (Å²) in [6.07, 6.45) is 4.71.